The third kappa shape index (κ3) is 5.88. The number of rotatable bonds is 5. The molecule has 31 heavy (non-hydrogen) atoms. The van der Waals surface area contributed by atoms with Crippen LogP contribution in [0.25, 0.3) is 0 Å². The molecule has 1 fully saturated rings. The van der Waals surface area contributed by atoms with Crippen molar-refractivity contribution in [2.45, 2.75) is 37.3 Å². The van der Waals surface area contributed by atoms with Gasteiger partial charge in [0.05, 0.1) is 28.4 Å². The second-order valence-corrected chi connectivity index (χ2v) is 8.82. The number of para-hydroxylation sites is 1. The van der Waals surface area contributed by atoms with Crippen molar-refractivity contribution in [3.63, 3.8) is 0 Å². The van der Waals surface area contributed by atoms with Crippen LogP contribution in [0.15, 0.2) is 53.4 Å². The average Bonchev–Trinajstić information content (AvgIpc) is 2.66. The van der Waals surface area contributed by atoms with E-state index in [4.69, 9.17) is 4.74 Å². The molecule has 3 rings (SSSR count). The summed E-state index contributed by atoms with van der Waals surface area (Å²) in [4.78, 5) is 14.2. The fourth-order valence-corrected chi connectivity index (χ4v) is 4.43. The highest BCUT2D eigenvalue weighted by Gasteiger charge is 2.32. The van der Waals surface area contributed by atoms with Gasteiger partial charge in [0.15, 0.2) is 0 Å². The Kier molecular flexibility index (Phi) is 6.46. The highest BCUT2D eigenvalue weighted by atomic mass is 32.2. The number of anilines is 1. The Balaban J connectivity index is 1.86. The van der Waals surface area contributed by atoms with Crippen LogP contribution in [0.4, 0.5) is 18.9 Å². The Morgan fingerprint density at radius 3 is 2.39 bits per heavy atom. The minimum atomic E-state index is -4.96. The van der Waals surface area contributed by atoms with Gasteiger partial charge in [0.1, 0.15) is 5.75 Å². The number of hydrogen-bond acceptors (Lipinski definition) is 5. The number of hydrogen-bond donors (Lipinski definition) is 1. The zero-order valence-corrected chi connectivity index (χ0v) is 17.5. The second kappa shape index (κ2) is 8.75. The van der Waals surface area contributed by atoms with Gasteiger partial charge in [-0.2, -0.15) is 0 Å². The molecule has 0 saturated carbocycles. The fraction of sp³-hybridized carbons (Fsp3) is 0.350. The molecule has 0 radical (unpaired) electrons. The first-order chi connectivity index (χ1) is 14.4. The van der Waals surface area contributed by atoms with E-state index in [-0.39, 0.29) is 29.4 Å². The van der Waals surface area contributed by atoms with Crippen LogP contribution in [0.2, 0.25) is 0 Å². The van der Waals surface area contributed by atoms with E-state index in [1.54, 1.807) is 17.0 Å². The highest BCUT2D eigenvalue weighted by Crippen LogP contribution is 2.27. The molecule has 0 aromatic heterocycles. The lowest BCUT2D eigenvalue weighted by molar-refractivity contribution is -0.274. The number of nitrogens with zero attached hydrogens (tertiary/aromatic N) is 1. The first kappa shape index (κ1) is 22.9. The Hall–Kier alpha value is -2.79. The third-order valence-corrected chi connectivity index (χ3v) is 5.82. The second-order valence-electron chi connectivity index (χ2n) is 7.14. The normalized spacial score (nSPS) is 19.7. The van der Waals surface area contributed by atoms with Crippen LogP contribution in [0.5, 0.6) is 5.75 Å². The van der Waals surface area contributed by atoms with Crippen molar-refractivity contribution in [1.82, 2.24) is 4.90 Å². The molecule has 1 heterocycles. The molecule has 1 amide bonds. The van der Waals surface area contributed by atoms with Gasteiger partial charge in [-0.05, 0) is 38.1 Å². The van der Waals surface area contributed by atoms with Crippen LogP contribution >= 0.6 is 0 Å². The number of carbonyl (C=O) groups excluding carboxylic acids is 1. The van der Waals surface area contributed by atoms with Crippen molar-refractivity contribution in [2.24, 2.45) is 0 Å². The Morgan fingerprint density at radius 1 is 1.10 bits per heavy atom. The van der Waals surface area contributed by atoms with Crippen molar-refractivity contribution in [1.29, 1.82) is 0 Å². The van der Waals surface area contributed by atoms with Gasteiger partial charge in [0.2, 0.25) is 0 Å². The lowest BCUT2D eigenvalue weighted by Gasteiger charge is -2.35. The van der Waals surface area contributed by atoms with Gasteiger partial charge in [-0.1, -0.05) is 18.2 Å². The van der Waals surface area contributed by atoms with Gasteiger partial charge >= 0.3 is 6.36 Å². The summed E-state index contributed by atoms with van der Waals surface area (Å²) in [6, 6.07) is 10.0. The zero-order chi connectivity index (χ0) is 22.8. The minimum Gasteiger partial charge on any atom is -0.406 e. The largest absolute Gasteiger partial charge is 0.573 e. The predicted octanol–water partition coefficient (Wildman–Crippen LogP) is 3.64. The maximum Gasteiger partial charge on any atom is 0.573 e. The number of carbonyl (C=O) groups is 1. The van der Waals surface area contributed by atoms with E-state index in [0.29, 0.717) is 13.1 Å². The van der Waals surface area contributed by atoms with E-state index in [0.717, 1.165) is 24.3 Å². The number of morpholine rings is 1. The maximum absolute atomic E-state index is 13.0. The molecule has 2 atom stereocenters. The molecule has 2 unspecified atom stereocenters. The van der Waals surface area contributed by atoms with Gasteiger partial charge in [-0.25, -0.2) is 8.42 Å². The molecular formula is C20H21F3N2O5S. The van der Waals surface area contributed by atoms with Gasteiger partial charge in [-0.15, -0.1) is 13.2 Å². The van der Waals surface area contributed by atoms with Crippen LogP contribution in [0.3, 0.4) is 0 Å². The molecule has 1 N–H and O–H groups in total. The van der Waals surface area contributed by atoms with Crippen LogP contribution in [0.1, 0.15) is 24.2 Å². The van der Waals surface area contributed by atoms with E-state index in [9.17, 15) is 26.4 Å². The molecule has 1 saturated heterocycles. The summed E-state index contributed by atoms with van der Waals surface area (Å²) in [5, 5.41) is 0. The molecule has 1 aliphatic rings. The molecule has 7 nitrogen and oxygen atoms in total. The first-order valence-corrected chi connectivity index (χ1v) is 10.9. The van der Waals surface area contributed by atoms with Gasteiger partial charge in [0, 0.05) is 19.2 Å². The zero-order valence-electron chi connectivity index (χ0n) is 16.7. The molecule has 168 valence electrons. The van der Waals surface area contributed by atoms with Crippen molar-refractivity contribution >= 4 is 21.6 Å². The quantitative estimate of drug-likeness (QED) is 0.740. The maximum atomic E-state index is 13.0. The molecule has 2 aromatic carbocycles. The predicted molar refractivity (Wildman–Crippen MR) is 106 cm³/mol. The lowest BCUT2D eigenvalue weighted by atomic mass is 10.1. The fourth-order valence-electron chi connectivity index (χ4n) is 3.31. The highest BCUT2D eigenvalue weighted by molar-refractivity contribution is 7.92. The van der Waals surface area contributed by atoms with Crippen molar-refractivity contribution in [2.75, 3.05) is 17.8 Å². The number of benzene rings is 2. The van der Waals surface area contributed by atoms with Gasteiger partial charge < -0.3 is 14.4 Å². The minimum absolute atomic E-state index is 0.0152. The molecular weight excluding hydrogens is 437 g/mol. The van der Waals surface area contributed by atoms with E-state index in [2.05, 4.69) is 9.46 Å². The number of halogens is 3. The molecule has 0 aliphatic carbocycles. The van der Waals surface area contributed by atoms with E-state index in [1.165, 1.54) is 12.1 Å². The topological polar surface area (TPSA) is 84.9 Å². The van der Waals surface area contributed by atoms with Gasteiger partial charge in [0.25, 0.3) is 15.9 Å². The Morgan fingerprint density at radius 2 is 1.74 bits per heavy atom. The summed E-state index contributed by atoms with van der Waals surface area (Å²) in [6.07, 6.45) is -5.30. The summed E-state index contributed by atoms with van der Waals surface area (Å²) in [7, 11) is -4.29. The lowest BCUT2D eigenvalue weighted by Crippen LogP contribution is -2.48. The number of alkyl halides is 3. The van der Waals surface area contributed by atoms with Crippen molar-refractivity contribution in [3.05, 3.63) is 54.1 Å². The average molecular weight is 458 g/mol. The number of sulfonamides is 1. The summed E-state index contributed by atoms with van der Waals surface area (Å²) in [6.45, 7) is 4.36. The van der Waals surface area contributed by atoms with Gasteiger partial charge in [-0.3, -0.25) is 9.52 Å². The number of amides is 1. The molecule has 1 aliphatic heterocycles. The van der Waals surface area contributed by atoms with Crippen LogP contribution in [0, 0.1) is 0 Å². The molecule has 2 aromatic rings. The summed E-state index contributed by atoms with van der Waals surface area (Å²) in [5.41, 5.74) is 0.136. The van der Waals surface area contributed by atoms with Crippen LogP contribution in [-0.2, 0) is 14.8 Å². The molecule has 11 heteroatoms. The van der Waals surface area contributed by atoms with Crippen molar-refractivity contribution in [3.8, 4) is 5.75 Å². The third-order valence-electron chi connectivity index (χ3n) is 4.46. The summed E-state index contributed by atoms with van der Waals surface area (Å²) in [5.74, 6) is -1.05. The SMILES string of the molecule is CC1CN(C(=O)c2ccccc2NS(=O)(=O)c2cccc(OC(F)(F)F)c2)CC(C)O1. The molecule has 0 bridgehead atoms. The molecule has 0 spiro atoms. The monoisotopic (exact) mass is 458 g/mol. The van der Waals surface area contributed by atoms with Crippen LogP contribution < -0.4 is 9.46 Å². The van der Waals surface area contributed by atoms with Crippen molar-refractivity contribution < 1.29 is 35.9 Å². The Bertz CT molecular complexity index is 1050. The first-order valence-electron chi connectivity index (χ1n) is 9.37. The van der Waals surface area contributed by atoms with E-state index >= 15 is 0 Å². The van der Waals surface area contributed by atoms with E-state index in [1.807, 2.05) is 13.8 Å². The summed E-state index contributed by atoms with van der Waals surface area (Å²) < 4.78 is 74.6. The number of ether oxygens (including phenoxy) is 2. The number of nitrogens with one attached hydrogen (secondary N) is 1. The van der Waals surface area contributed by atoms with Crippen LogP contribution in [-0.4, -0.2) is 50.9 Å². The smallest absolute Gasteiger partial charge is 0.406 e. The summed E-state index contributed by atoms with van der Waals surface area (Å²) >= 11 is 0. The van der Waals surface area contributed by atoms with E-state index < -0.39 is 27.0 Å². The Labute approximate surface area is 177 Å². The standard InChI is InChI=1S/C20H21F3N2O5S/c1-13-11-25(12-14(2)29-13)19(26)17-8-3-4-9-18(17)24-31(27,28)16-7-5-6-15(10-16)30-20(21,22)23/h3-10,13-14,24H,11-12H2,1-2H3.